The predicted octanol–water partition coefficient (Wildman–Crippen LogP) is 4.15. The first kappa shape index (κ1) is 20.7. The van der Waals surface area contributed by atoms with E-state index in [0.717, 1.165) is 4.47 Å². The van der Waals surface area contributed by atoms with Crippen molar-refractivity contribution in [3.8, 4) is 0 Å². The zero-order valence-electron chi connectivity index (χ0n) is 14.8. The minimum absolute atomic E-state index is 0.116. The van der Waals surface area contributed by atoms with Gasteiger partial charge in [-0.05, 0) is 54.6 Å². The van der Waals surface area contributed by atoms with E-state index < -0.39 is 21.7 Å². The lowest BCUT2D eigenvalue weighted by atomic mass is 10.2. The van der Waals surface area contributed by atoms with Crippen LogP contribution in [0.4, 0.5) is 10.1 Å². The topological polar surface area (TPSA) is 87.6 Å². The molecule has 0 saturated carbocycles. The van der Waals surface area contributed by atoms with E-state index in [-0.39, 0.29) is 16.0 Å². The molecule has 0 aromatic heterocycles. The summed E-state index contributed by atoms with van der Waals surface area (Å²) in [4.78, 5) is 12.2. The monoisotopic (exact) mass is 475 g/mol. The third-order valence-corrected chi connectivity index (χ3v) is 5.72. The smallest absolute Gasteiger partial charge is 0.271 e. The van der Waals surface area contributed by atoms with E-state index in [9.17, 15) is 17.6 Å². The number of hydrogen-bond acceptors (Lipinski definition) is 4. The number of carbonyl (C=O) groups is 1. The summed E-state index contributed by atoms with van der Waals surface area (Å²) >= 11 is 3.25. The van der Waals surface area contributed by atoms with E-state index in [1.54, 1.807) is 24.3 Å². The molecular formula is C20H15BrFN3O3S. The van der Waals surface area contributed by atoms with Crippen LogP contribution in [0.15, 0.2) is 87.3 Å². The molecule has 0 spiro atoms. The highest BCUT2D eigenvalue weighted by Gasteiger charge is 2.14. The Morgan fingerprint density at radius 3 is 2.28 bits per heavy atom. The summed E-state index contributed by atoms with van der Waals surface area (Å²) in [6.45, 7) is 0. The van der Waals surface area contributed by atoms with Gasteiger partial charge in [0, 0.05) is 21.3 Å². The Hall–Kier alpha value is -3.04. The first-order chi connectivity index (χ1) is 13.8. The molecule has 0 unspecified atom stereocenters. The number of anilines is 1. The minimum Gasteiger partial charge on any atom is -0.280 e. The fraction of sp³-hybridized carbons (Fsp3) is 0. The number of halogens is 2. The lowest BCUT2D eigenvalue weighted by molar-refractivity contribution is 0.0955. The molecule has 3 aromatic carbocycles. The van der Waals surface area contributed by atoms with Gasteiger partial charge in [0.2, 0.25) is 0 Å². The number of nitrogens with one attached hydrogen (secondary N) is 2. The van der Waals surface area contributed by atoms with Crippen molar-refractivity contribution in [3.05, 3.63) is 94.2 Å². The lowest BCUT2D eigenvalue weighted by Crippen LogP contribution is -2.18. The summed E-state index contributed by atoms with van der Waals surface area (Å²) in [6, 6.07) is 18.1. The van der Waals surface area contributed by atoms with Gasteiger partial charge in [-0.3, -0.25) is 9.52 Å². The van der Waals surface area contributed by atoms with Crippen molar-refractivity contribution < 1.29 is 17.6 Å². The molecular weight excluding hydrogens is 461 g/mol. The van der Waals surface area contributed by atoms with Crippen molar-refractivity contribution in [2.24, 2.45) is 5.10 Å². The quantitative estimate of drug-likeness (QED) is 0.414. The maximum Gasteiger partial charge on any atom is 0.271 e. The summed E-state index contributed by atoms with van der Waals surface area (Å²) in [6.07, 6.45) is 1.20. The van der Waals surface area contributed by atoms with E-state index in [1.807, 2.05) is 0 Å². The van der Waals surface area contributed by atoms with Crippen LogP contribution < -0.4 is 10.1 Å². The van der Waals surface area contributed by atoms with Crippen molar-refractivity contribution in [1.29, 1.82) is 0 Å². The molecule has 0 bridgehead atoms. The number of hydrogen-bond donors (Lipinski definition) is 2. The van der Waals surface area contributed by atoms with Crippen molar-refractivity contribution in [2.45, 2.75) is 4.90 Å². The first-order valence-corrected chi connectivity index (χ1v) is 10.6. The van der Waals surface area contributed by atoms with Gasteiger partial charge in [0.15, 0.2) is 0 Å². The lowest BCUT2D eigenvalue weighted by Gasteiger charge is -2.09. The highest BCUT2D eigenvalue weighted by Crippen LogP contribution is 2.19. The third-order valence-electron chi connectivity index (χ3n) is 3.80. The Morgan fingerprint density at radius 1 is 0.966 bits per heavy atom. The van der Waals surface area contributed by atoms with Gasteiger partial charge in [0.25, 0.3) is 15.9 Å². The highest BCUT2D eigenvalue weighted by molar-refractivity contribution is 9.10. The highest BCUT2D eigenvalue weighted by atomic mass is 79.9. The van der Waals surface area contributed by atoms with Gasteiger partial charge in [0.1, 0.15) is 5.82 Å². The molecule has 0 fully saturated rings. The number of nitrogens with zero attached hydrogens (tertiary/aromatic N) is 1. The second-order valence-electron chi connectivity index (χ2n) is 5.86. The molecule has 2 N–H and O–H groups in total. The third kappa shape index (κ3) is 5.49. The zero-order valence-corrected chi connectivity index (χ0v) is 17.2. The standard InChI is InChI=1S/C20H15BrFN3O3S/c21-16-7-11-18(12-8-16)29(27,28)25-17-9-5-14(6-10-17)20(26)24-23-13-15-3-1-2-4-19(15)22/h1-13,25H,(H,24,26). The summed E-state index contributed by atoms with van der Waals surface area (Å²) < 4.78 is 41.5. The molecule has 29 heavy (non-hydrogen) atoms. The fourth-order valence-corrected chi connectivity index (χ4v) is 3.65. The molecule has 0 aliphatic carbocycles. The van der Waals surface area contributed by atoms with Gasteiger partial charge in [-0.1, -0.05) is 34.1 Å². The first-order valence-electron chi connectivity index (χ1n) is 8.31. The molecule has 6 nitrogen and oxygen atoms in total. The Labute approximate surface area is 175 Å². The number of amides is 1. The van der Waals surface area contributed by atoms with E-state index in [0.29, 0.717) is 5.69 Å². The zero-order chi connectivity index (χ0) is 20.9. The molecule has 0 aliphatic rings. The van der Waals surface area contributed by atoms with Gasteiger partial charge >= 0.3 is 0 Å². The molecule has 0 aliphatic heterocycles. The Balaban J connectivity index is 1.64. The number of carbonyl (C=O) groups excluding carboxylic acids is 1. The van der Waals surface area contributed by atoms with Crippen LogP contribution in [0.2, 0.25) is 0 Å². The van der Waals surface area contributed by atoms with Crippen LogP contribution in [0.3, 0.4) is 0 Å². The van der Waals surface area contributed by atoms with E-state index in [2.05, 4.69) is 31.2 Å². The van der Waals surface area contributed by atoms with Gasteiger partial charge in [0.05, 0.1) is 11.1 Å². The second-order valence-corrected chi connectivity index (χ2v) is 8.46. The number of rotatable bonds is 6. The number of benzene rings is 3. The number of hydrazone groups is 1. The van der Waals surface area contributed by atoms with Gasteiger partial charge in [-0.15, -0.1) is 0 Å². The second kappa shape index (κ2) is 8.97. The maximum atomic E-state index is 13.5. The summed E-state index contributed by atoms with van der Waals surface area (Å²) in [5.41, 5.74) is 3.11. The molecule has 0 radical (unpaired) electrons. The average Bonchev–Trinajstić information content (AvgIpc) is 2.70. The van der Waals surface area contributed by atoms with Crippen LogP contribution in [0.1, 0.15) is 15.9 Å². The van der Waals surface area contributed by atoms with Crippen molar-refractivity contribution in [3.63, 3.8) is 0 Å². The molecule has 3 aromatic rings. The van der Waals surface area contributed by atoms with Crippen LogP contribution in [0, 0.1) is 5.82 Å². The molecule has 3 rings (SSSR count). The van der Waals surface area contributed by atoms with Crippen LogP contribution in [-0.2, 0) is 10.0 Å². The van der Waals surface area contributed by atoms with Crippen molar-refractivity contribution >= 4 is 43.8 Å². The van der Waals surface area contributed by atoms with Crippen molar-refractivity contribution in [1.82, 2.24) is 5.43 Å². The van der Waals surface area contributed by atoms with Crippen molar-refractivity contribution in [2.75, 3.05) is 4.72 Å². The van der Waals surface area contributed by atoms with E-state index >= 15 is 0 Å². The Morgan fingerprint density at radius 2 is 1.62 bits per heavy atom. The maximum absolute atomic E-state index is 13.5. The number of sulfonamides is 1. The predicted molar refractivity (Wildman–Crippen MR) is 113 cm³/mol. The Bertz CT molecular complexity index is 1150. The average molecular weight is 476 g/mol. The van der Waals surface area contributed by atoms with Crippen LogP contribution in [-0.4, -0.2) is 20.5 Å². The van der Waals surface area contributed by atoms with Crippen LogP contribution in [0.25, 0.3) is 0 Å². The van der Waals surface area contributed by atoms with Gasteiger partial charge in [-0.25, -0.2) is 18.2 Å². The minimum atomic E-state index is -3.74. The SMILES string of the molecule is O=C(NN=Cc1ccccc1F)c1ccc(NS(=O)(=O)c2ccc(Br)cc2)cc1. The summed E-state index contributed by atoms with van der Waals surface area (Å²) in [7, 11) is -3.74. The van der Waals surface area contributed by atoms with E-state index in [4.69, 9.17) is 0 Å². The molecule has 9 heteroatoms. The molecule has 0 saturated heterocycles. The molecule has 0 heterocycles. The fourth-order valence-electron chi connectivity index (χ4n) is 2.32. The van der Waals surface area contributed by atoms with Crippen LogP contribution >= 0.6 is 15.9 Å². The summed E-state index contributed by atoms with van der Waals surface area (Å²) in [5.74, 6) is -0.965. The normalized spacial score (nSPS) is 11.4. The van der Waals surface area contributed by atoms with Crippen LogP contribution in [0.5, 0.6) is 0 Å². The van der Waals surface area contributed by atoms with E-state index in [1.165, 1.54) is 54.7 Å². The molecule has 0 atom stereocenters. The summed E-state index contributed by atoms with van der Waals surface area (Å²) in [5, 5.41) is 3.73. The van der Waals surface area contributed by atoms with Gasteiger partial charge in [-0.2, -0.15) is 5.10 Å². The molecule has 1 amide bonds. The Kier molecular flexibility index (Phi) is 6.40. The largest absolute Gasteiger partial charge is 0.280 e. The molecule has 148 valence electrons. The van der Waals surface area contributed by atoms with Gasteiger partial charge < -0.3 is 0 Å².